The van der Waals surface area contributed by atoms with Crippen LogP contribution in [0.1, 0.15) is 11.3 Å². The molecule has 0 aliphatic heterocycles. The molecule has 2 rings (SSSR count). The van der Waals surface area contributed by atoms with Gasteiger partial charge in [0.2, 0.25) is 11.2 Å². The van der Waals surface area contributed by atoms with Crippen LogP contribution in [0.3, 0.4) is 0 Å². The Hall–Kier alpha value is -1.93. The van der Waals surface area contributed by atoms with Gasteiger partial charge in [0.25, 0.3) is 0 Å². The number of carbonyl (C=O) groups excluding carboxylic acids is 1. The standard InChI is InChI=1S/C13H7Cl2F4N3O/c14-8-4-7(1-2-9(8)16)21-10(23)3-6-5-20-12(15)22-11(6)13(17,18)19/h1-2,4-5H,3H2,(H,21,23). The van der Waals surface area contributed by atoms with Crippen molar-refractivity contribution in [2.75, 3.05) is 5.32 Å². The number of alkyl halides is 3. The molecule has 1 amide bonds. The van der Waals surface area contributed by atoms with Gasteiger partial charge in [-0.2, -0.15) is 13.2 Å². The maximum atomic E-state index is 13.0. The Kier molecular flexibility index (Phi) is 5.06. The first-order valence-electron chi connectivity index (χ1n) is 6.00. The summed E-state index contributed by atoms with van der Waals surface area (Å²) in [5, 5.41) is 1.50. The maximum absolute atomic E-state index is 13.0. The van der Waals surface area contributed by atoms with Crippen molar-refractivity contribution in [2.45, 2.75) is 12.6 Å². The summed E-state index contributed by atoms with van der Waals surface area (Å²) in [7, 11) is 0. The number of hydrogen-bond acceptors (Lipinski definition) is 3. The fraction of sp³-hybridized carbons (Fsp3) is 0.154. The molecule has 0 atom stereocenters. The molecule has 23 heavy (non-hydrogen) atoms. The summed E-state index contributed by atoms with van der Waals surface area (Å²) >= 11 is 10.9. The van der Waals surface area contributed by atoms with Gasteiger partial charge >= 0.3 is 6.18 Å². The number of aromatic nitrogens is 2. The molecule has 0 saturated carbocycles. The highest BCUT2D eigenvalue weighted by atomic mass is 35.5. The van der Waals surface area contributed by atoms with Crippen LogP contribution in [0.4, 0.5) is 23.2 Å². The van der Waals surface area contributed by atoms with Gasteiger partial charge in [0.05, 0.1) is 11.4 Å². The maximum Gasteiger partial charge on any atom is 0.433 e. The third kappa shape index (κ3) is 4.52. The molecule has 1 aromatic heterocycles. The zero-order valence-corrected chi connectivity index (χ0v) is 12.6. The van der Waals surface area contributed by atoms with Crippen molar-refractivity contribution in [3.63, 3.8) is 0 Å². The summed E-state index contributed by atoms with van der Waals surface area (Å²) in [6, 6.07) is 3.38. The molecule has 0 saturated heterocycles. The van der Waals surface area contributed by atoms with Gasteiger partial charge in [0.1, 0.15) is 5.82 Å². The van der Waals surface area contributed by atoms with E-state index in [0.29, 0.717) is 0 Å². The molecular weight excluding hydrogens is 361 g/mol. The second-order valence-electron chi connectivity index (χ2n) is 4.36. The van der Waals surface area contributed by atoms with Crippen LogP contribution < -0.4 is 5.32 Å². The molecule has 0 aliphatic carbocycles. The Morgan fingerprint density at radius 1 is 1.26 bits per heavy atom. The molecule has 0 bridgehead atoms. The first-order valence-corrected chi connectivity index (χ1v) is 6.76. The number of benzene rings is 1. The van der Waals surface area contributed by atoms with Crippen LogP contribution in [0.5, 0.6) is 0 Å². The molecule has 0 aliphatic rings. The number of halogens is 6. The van der Waals surface area contributed by atoms with Gasteiger partial charge < -0.3 is 5.32 Å². The molecule has 10 heteroatoms. The predicted octanol–water partition coefficient (Wildman–Crippen LogP) is 4.12. The lowest BCUT2D eigenvalue weighted by Gasteiger charge is -2.11. The normalized spacial score (nSPS) is 11.4. The number of carbonyl (C=O) groups is 1. The number of hydrogen-bond donors (Lipinski definition) is 1. The van der Waals surface area contributed by atoms with E-state index >= 15 is 0 Å². The van der Waals surface area contributed by atoms with Crippen molar-refractivity contribution < 1.29 is 22.4 Å². The SMILES string of the molecule is O=C(Cc1cnc(Cl)nc1C(F)(F)F)Nc1ccc(F)c(Cl)c1. The largest absolute Gasteiger partial charge is 0.433 e. The first-order chi connectivity index (χ1) is 10.7. The highest BCUT2D eigenvalue weighted by Gasteiger charge is 2.36. The third-order valence-corrected chi connectivity index (χ3v) is 3.13. The Labute approximate surface area is 137 Å². The predicted molar refractivity (Wildman–Crippen MR) is 75.8 cm³/mol. The molecule has 1 aromatic carbocycles. The Morgan fingerprint density at radius 3 is 2.57 bits per heavy atom. The van der Waals surface area contributed by atoms with E-state index in [4.69, 9.17) is 23.2 Å². The summed E-state index contributed by atoms with van der Waals surface area (Å²) in [5.41, 5.74) is -1.58. The van der Waals surface area contributed by atoms with Gasteiger partial charge in [0, 0.05) is 17.4 Å². The zero-order valence-electron chi connectivity index (χ0n) is 11.1. The summed E-state index contributed by atoms with van der Waals surface area (Å²) in [5.74, 6) is -1.46. The molecule has 2 aromatic rings. The monoisotopic (exact) mass is 367 g/mol. The van der Waals surface area contributed by atoms with Gasteiger partial charge in [-0.3, -0.25) is 4.79 Å². The van der Waals surface area contributed by atoms with Crippen LogP contribution >= 0.6 is 23.2 Å². The van der Waals surface area contributed by atoms with E-state index in [-0.39, 0.29) is 10.7 Å². The fourth-order valence-electron chi connectivity index (χ4n) is 1.71. The minimum absolute atomic E-state index is 0.143. The van der Waals surface area contributed by atoms with Crippen LogP contribution in [-0.4, -0.2) is 15.9 Å². The zero-order chi connectivity index (χ0) is 17.2. The van der Waals surface area contributed by atoms with Gasteiger partial charge in [-0.25, -0.2) is 14.4 Å². The quantitative estimate of drug-likeness (QED) is 0.655. The van der Waals surface area contributed by atoms with Crippen molar-refractivity contribution >= 4 is 34.8 Å². The van der Waals surface area contributed by atoms with E-state index in [2.05, 4.69) is 15.3 Å². The van der Waals surface area contributed by atoms with Crippen LogP contribution in [0.2, 0.25) is 10.3 Å². The minimum atomic E-state index is -4.78. The molecule has 122 valence electrons. The molecule has 0 fully saturated rings. The van der Waals surface area contributed by atoms with Crippen molar-refractivity contribution in [3.8, 4) is 0 Å². The lowest BCUT2D eigenvalue weighted by Crippen LogP contribution is -2.19. The summed E-state index contributed by atoms with van der Waals surface area (Å²) in [6.07, 6.45) is -4.59. The number of nitrogens with zero attached hydrogens (tertiary/aromatic N) is 2. The first kappa shape index (κ1) is 17.4. The second-order valence-corrected chi connectivity index (χ2v) is 5.11. The van der Waals surface area contributed by atoms with Gasteiger partial charge in [-0.15, -0.1) is 0 Å². The summed E-state index contributed by atoms with van der Waals surface area (Å²) in [6.45, 7) is 0. The van der Waals surface area contributed by atoms with Crippen molar-refractivity contribution in [3.05, 3.63) is 51.8 Å². The van der Waals surface area contributed by atoms with E-state index in [0.717, 1.165) is 18.3 Å². The Morgan fingerprint density at radius 2 is 1.96 bits per heavy atom. The molecule has 1 heterocycles. The number of amides is 1. The highest BCUT2D eigenvalue weighted by molar-refractivity contribution is 6.31. The van der Waals surface area contributed by atoms with Crippen LogP contribution in [0, 0.1) is 5.82 Å². The molecule has 1 N–H and O–H groups in total. The second kappa shape index (κ2) is 6.67. The average molecular weight is 368 g/mol. The Bertz CT molecular complexity index is 752. The molecule has 0 radical (unpaired) electrons. The van der Waals surface area contributed by atoms with Crippen LogP contribution in [-0.2, 0) is 17.4 Å². The van der Waals surface area contributed by atoms with Crippen molar-refractivity contribution in [2.24, 2.45) is 0 Å². The highest BCUT2D eigenvalue weighted by Crippen LogP contribution is 2.31. The number of anilines is 1. The van der Waals surface area contributed by atoms with Crippen molar-refractivity contribution in [1.29, 1.82) is 0 Å². The van der Waals surface area contributed by atoms with E-state index in [9.17, 15) is 22.4 Å². The molecule has 4 nitrogen and oxygen atoms in total. The average Bonchev–Trinajstić information content (AvgIpc) is 2.44. The Balaban J connectivity index is 2.19. The number of nitrogens with one attached hydrogen (secondary N) is 1. The third-order valence-electron chi connectivity index (χ3n) is 2.66. The van der Waals surface area contributed by atoms with E-state index < -0.39 is 40.9 Å². The minimum Gasteiger partial charge on any atom is -0.326 e. The van der Waals surface area contributed by atoms with E-state index in [1.807, 2.05) is 0 Å². The lowest BCUT2D eigenvalue weighted by atomic mass is 10.1. The fourth-order valence-corrected chi connectivity index (χ4v) is 2.03. The summed E-state index contributed by atoms with van der Waals surface area (Å²) in [4.78, 5) is 18.4. The van der Waals surface area contributed by atoms with Gasteiger partial charge in [-0.1, -0.05) is 11.6 Å². The van der Waals surface area contributed by atoms with Gasteiger partial charge in [0.15, 0.2) is 5.69 Å². The lowest BCUT2D eigenvalue weighted by molar-refractivity contribution is -0.142. The van der Waals surface area contributed by atoms with Crippen LogP contribution in [0.25, 0.3) is 0 Å². The van der Waals surface area contributed by atoms with Crippen LogP contribution in [0.15, 0.2) is 24.4 Å². The smallest absolute Gasteiger partial charge is 0.326 e. The topological polar surface area (TPSA) is 54.9 Å². The van der Waals surface area contributed by atoms with E-state index in [1.165, 1.54) is 6.07 Å². The van der Waals surface area contributed by atoms with Crippen molar-refractivity contribution in [1.82, 2.24) is 9.97 Å². The van der Waals surface area contributed by atoms with Gasteiger partial charge in [-0.05, 0) is 29.8 Å². The molecule has 0 unspecified atom stereocenters. The van der Waals surface area contributed by atoms with E-state index in [1.54, 1.807) is 0 Å². The summed E-state index contributed by atoms with van der Waals surface area (Å²) < 4.78 is 51.6. The molecule has 0 spiro atoms. The number of rotatable bonds is 3. The molecular formula is C13H7Cl2F4N3O.